The lowest BCUT2D eigenvalue weighted by atomic mass is 10.1. The Balaban J connectivity index is 1.83. The highest BCUT2D eigenvalue weighted by molar-refractivity contribution is 6.40. The van der Waals surface area contributed by atoms with Gasteiger partial charge in [-0.3, -0.25) is 9.79 Å². The topological polar surface area (TPSA) is 67.3 Å². The summed E-state index contributed by atoms with van der Waals surface area (Å²) in [5.41, 5.74) is 1.75. The number of aromatic nitrogens is 2. The number of aromatic amines is 1. The van der Waals surface area contributed by atoms with E-state index < -0.39 is 0 Å². The van der Waals surface area contributed by atoms with Gasteiger partial charge in [-0.05, 0) is 38.3 Å². The monoisotopic (exact) mass is 413 g/mol. The van der Waals surface area contributed by atoms with E-state index >= 15 is 0 Å². The molecule has 162 valence electrons. The fourth-order valence-electron chi connectivity index (χ4n) is 3.22. The number of nitrogens with one attached hydrogen (secondary N) is 1. The Morgan fingerprint density at radius 1 is 1.30 bits per heavy atom. The molecule has 0 amide bonds. The Morgan fingerprint density at radius 3 is 2.77 bits per heavy atom. The summed E-state index contributed by atoms with van der Waals surface area (Å²) in [5, 5.41) is 0. The number of aryl methyl sites for hydroxylation is 1. The minimum atomic E-state index is -0.323. The second-order valence-corrected chi connectivity index (χ2v) is 7.16. The van der Waals surface area contributed by atoms with Crippen molar-refractivity contribution in [3.05, 3.63) is 59.8 Å². The van der Waals surface area contributed by atoms with Gasteiger partial charge < -0.3 is 9.72 Å². The van der Waals surface area contributed by atoms with Crippen LogP contribution in [0.15, 0.2) is 53.3 Å². The molecule has 0 radical (unpaired) electrons. The van der Waals surface area contributed by atoms with Gasteiger partial charge in [-0.15, -0.1) is 0 Å². The molecule has 2 rings (SSSR count). The standard InChI is InChI=1S/C24H32FN3O2/c1-4-11-18(30-3)16-19(20(25)5-2)22-17-27-24(28-22)14-9-7-6-8-13-23(29)21-12-10-15-26-21/h5,10-11,15-17H,4,6-9,12-14H2,1-3H3,(H,27,28)/b18-11-,19-16+,20-5+. The molecule has 1 aromatic rings. The van der Waals surface area contributed by atoms with Gasteiger partial charge in [-0.25, -0.2) is 9.37 Å². The number of imidazole rings is 1. The van der Waals surface area contributed by atoms with Crippen LogP contribution >= 0.6 is 0 Å². The van der Waals surface area contributed by atoms with Crippen LogP contribution in [0.25, 0.3) is 5.57 Å². The van der Waals surface area contributed by atoms with Crippen molar-refractivity contribution in [1.29, 1.82) is 0 Å². The molecule has 1 aliphatic rings. The van der Waals surface area contributed by atoms with E-state index in [2.05, 4.69) is 15.0 Å². The molecule has 0 fully saturated rings. The number of allylic oxidation sites excluding steroid dienone is 6. The highest BCUT2D eigenvalue weighted by atomic mass is 19.1. The number of hydrogen-bond acceptors (Lipinski definition) is 4. The van der Waals surface area contributed by atoms with Crippen molar-refractivity contribution in [2.45, 2.75) is 65.2 Å². The van der Waals surface area contributed by atoms with Crippen molar-refractivity contribution in [3.8, 4) is 0 Å². The van der Waals surface area contributed by atoms with E-state index in [4.69, 9.17) is 4.74 Å². The smallest absolute Gasteiger partial charge is 0.177 e. The first-order valence-corrected chi connectivity index (χ1v) is 10.7. The average molecular weight is 414 g/mol. The van der Waals surface area contributed by atoms with Gasteiger partial charge in [0.25, 0.3) is 0 Å². The molecule has 0 aliphatic carbocycles. The quantitative estimate of drug-likeness (QED) is 0.244. The average Bonchev–Trinajstić information content (AvgIpc) is 3.45. The van der Waals surface area contributed by atoms with Gasteiger partial charge in [0.1, 0.15) is 17.4 Å². The van der Waals surface area contributed by atoms with E-state index in [0.717, 1.165) is 44.3 Å². The minimum Gasteiger partial charge on any atom is -0.497 e. The number of nitrogens with zero attached hydrogens (tertiary/aromatic N) is 2. The number of Topliss-reactive ketones (excluding diaryl/α,β-unsaturated/α-hetero) is 1. The number of unbranched alkanes of at least 4 members (excludes halogenated alkanes) is 3. The molecule has 30 heavy (non-hydrogen) atoms. The first-order valence-electron chi connectivity index (χ1n) is 10.7. The third-order valence-corrected chi connectivity index (χ3v) is 4.89. The minimum absolute atomic E-state index is 0.161. The van der Waals surface area contributed by atoms with Crippen LogP contribution in [0, 0.1) is 0 Å². The fourth-order valence-corrected chi connectivity index (χ4v) is 3.22. The van der Waals surface area contributed by atoms with Crippen LogP contribution in [-0.2, 0) is 16.0 Å². The van der Waals surface area contributed by atoms with E-state index in [1.54, 1.807) is 32.5 Å². The lowest BCUT2D eigenvalue weighted by molar-refractivity contribution is -0.113. The van der Waals surface area contributed by atoms with Gasteiger partial charge in [0, 0.05) is 31.0 Å². The second kappa shape index (κ2) is 12.7. The highest BCUT2D eigenvalue weighted by Crippen LogP contribution is 2.25. The molecule has 1 N–H and O–H groups in total. The van der Waals surface area contributed by atoms with Crippen LogP contribution in [-0.4, -0.2) is 28.6 Å². The molecule has 0 bridgehead atoms. The first kappa shape index (κ1) is 23.5. The summed E-state index contributed by atoms with van der Waals surface area (Å²) in [5.74, 6) is 1.29. The maximum Gasteiger partial charge on any atom is 0.177 e. The molecule has 6 heteroatoms. The molecule has 0 spiro atoms. The van der Waals surface area contributed by atoms with Crippen LogP contribution in [0.2, 0.25) is 0 Å². The van der Waals surface area contributed by atoms with Crippen LogP contribution in [0.4, 0.5) is 4.39 Å². The molecule has 0 atom stereocenters. The van der Waals surface area contributed by atoms with Gasteiger partial charge in [0.2, 0.25) is 0 Å². The zero-order valence-corrected chi connectivity index (χ0v) is 18.2. The summed E-state index contributed by atoms with van der Waals surface area (Å²) in [4.78, 5) is 23.7. The van der Waals surface area contributed by atoms with Crippen molar-refractivity contribution in [2.24, 2.45) is 4.99 Å². The molecule has 0 aromatic carbocycles. The van der Waals surface area contributed by atoms with Crippen LogP contribution in [0.3, 0.4) is 0 Å². The Bertz CT molecular complexity index is 860. The number of carbonyl (C=O) groups is 1. The Morgan fingerprint density at radius 2 is 2.10 bits per heavy atom. The summed E-state index contributed by atoms with van der Waals surface area (Å²) in [6.45, 7) is 3.67. The summed E-state index contributed by atoms with van der Waals surface area (Å²) in [6, 6.07) is 0. The molecule has 1 aliphatic heterocycles. The predicted molar refractivity (Wildman–Crippen MR) is 120 cm³/mol. The van der Waals surface area contributed by atoms with E-state index in [-0.39, 0.29) is 11.6 Å². The van der Waals surface area contributed by atoms with E-state index in [1.807, 2.05) is 19.1 Å². The van der Waals surface area contributed by atoms with E-state index in [0.29, 0.717) is 35.6 Å². The van der Waals surface area contributed by atoms with Gasteiger partial charge in [0.05, 0.1) is 24.7 Å². The predicted octanol–water partition coefficient (Wildman–Crippen LogP) is 6.03. The van der Waals surface area contributed by atoms with E-state index in [1.165, 1.54) is 6.08 Å². The van der Waals surface area contributed by atoms with Crippen molar-refractivity contribution >= 4 is 17.1 Å². The van der Waals surface area contributed by atoms with Crippen LogP contribution in [0.5, 0.6) is 0 Å². The molecule has 5 nitrogen and oxygen atoms in total. The number of aliphatic imine (C=N–C) groups is 1. The fraction of sp³-hybridized carbons (Fsp3) is 0.458. The zero-order chi connectivity index (χ0) is 21.8. The van der Waals surface area contributed by atoms with Crippen molar-refractivity contribution in [2.75, 3.05) is 7.11 Å². The van der Waals surface area contributed by atoms with Gasteiger partial charge in [-0.2, -0.15) is 0 Å². The molecule has 0 saturated heterocycles. The number of ketones is 1. The number of ether oxygens (including phenoxy) is 1. The van der Waals surface area contributed by atoms with Crippen molar-refractivity contribution in [1.82, 2.24) is 9.97 Å². The maximum atomic E-state index is 14.4. The maximum absolute atomic E-state index is 14.4. The van der Waals surface area contributed by atoms with Gasteiger partial charge in [-0.1, -0.05) is 31.9 Å². The van der Waals surface area contributed by atoms with Crippen molar-refractivity contribution < 1.29 is 13.9 Å². The number of rotatable bonds is 13. The summed E-state index contributed by atoms with van der Waals surface area (Å²) >= 11 is 0. The molecule has 1 aromatic heterocycles. The lowest BCUT2D eigenvalue weighted by Crippen LogP contribution is -2.10. The summed E-state index contributed by atoms with van der Waals surface area (Å²) in [6.07, 6.45) is 17.0. The number of halogens is 1. The van der Waals surface area contributed by atoms with Gasteiger partial charge in [0.15, 0.2) is 5.78 Å². The first-order chi connectivity index (χ1) is 14.6. The number of H-pyrrole nitrogens is 1. The van der Waals surface area contributed by atoms with Crippen molar-refractivity contribution in [3.63, 3.8) is 0 Å². The number of methoxy groups -OCH3 is 1. The Labute approximate surface area is 178 Å². The zero-order valence-electron chi connectivity index (χ0n) is 18.2. The van der Waals surface area contributed by atoms with E-state index in [9.17, 15) is 9.18 Å². The summed E-state index contributed by atoms with van der Waals surface area (Å²) < 4.78 is 19.7. The van der Waals surface area contributed by atoms with Gasteiger partial charge >= 0.3 is 0 Å². The molecular weight excluding hydrogens is 381 g/mol. The normalized spacial score (nSPS) is 14.9. The third-order valence-electron chi connectivity index (χ3n) is 4.89. The lowest BCUT2D eigenvalue weighted by Gasteiger charge is -2.06. The second-order valence-electron chi connectivity index (χ2n) is 7.16. The number of carbonyl (C=O) groups excluding carboxylic acids is 1. The highest BCUT2D eigenvalue weighted by Gasteiger charge is 2.13. The molecule has 2 heterocycles. The molecule has 0 unspecified atom stereocenters. The molecule has 0 saturated carbocycles. The number of hydrogen-bond donors (Lipinski definition) is 1. The largest absolute Gasteiger partial charge is 0.497 e. The summed E-state index contributed by atoms with van der Waals surface area (Å²) in [7, 11) is 1.58. The third kappa shape index (κ3) is 7.25. The Kier molecular flexibility index (Phi) is 9.98. The van der Waals surface area contributed by atoms with Crippen LogP contribution in [0.1, 0.15) is 70.3 Å². The molecular formula is C24H32FN3O2. The van der Waals surface area contributed by atoms with Crippen LogP contribution < -0.4 is 0 Å². The SMILES string of the molecule is C\C=C(F)/C(=C\C(=C\CC)OC)c1cnc(CCCCCCC(=O)C2=NC=CC2)[nH]1. The Hall–Kier alpha value is -2.76.